The van der Waals surface area contributed by atoms with E-state index in [2.05, 4.69) is 26.3 Å². The molecule has 0 atom stereocenters. The molecule has 2 aromatic rings. The number of aromatic nitrogens is 2. The van der Waals surface area contributed by atoms with E-state index < -0.39 is 0 Å². The van der Waals surface area contributed by atoms with Crippen LogP contribution in [-0.2, 0) is 6.54 Å². The van der Waals surface area contributed by atoms with Crippen LogP contribution in [0.4, 0.5) is 5.69 Å². The van der Waals surface area contributed by atoms with Gasteiger partial charge in [-0.05, 0) is 46.5 Å². The van der Waals surface area contributed by atoms with Gasteiger partial charge in [0.1, 0.15) is 5.75 Å². The Morgan fingerprint density at radius 3 is 2.86 bits per heavy atom. The van der Waals surface area contributed by atoms with Gasteiger partial charge in [-0.15, -0.1) is 0 Å². The third-order valence-corrected chi connectivity index (χ3v) is 3.99. The van der Waals surface area contributed by atoms with Crippen LogP contribution in [0, 0.1) is 0 Å². The van der Waals surface area contributed by atoms with E-state index in [0.717, 1.165) is 21.5 Å². The Hall–Kier alpha value is -1.82. The first kappa shape index (κ1) is 14.1. The summed E-state index contributed by atoms with van der Waals surface area (Å²) in [6.45, 7) is 0.436. The lowest BCUT2D eigenvalue weighted by atomic mass is 10.2. The number of rotatable bonds is 5. The van der Waals surface area contributed by atoms with Crippen molar-refractivity contribution in [2.45, 2.75) is 25.4 Å². The number of halogens is 1. The maximum absolute atomic E-state index is 12.1. The quantitative estimate of drug-likeness (QED) is 0.901. The zero-order valence-corrected chi connectivity index (χ0v) is 13.3. The third kappa shape index (κ3) is 3.44. The molecule has 110 valence electrons. The molecule has 1 fully saturated rings. The number of benzene rings is 1. The van der Waals surface area contributed by atoms with Gasteiger partial charge >= 0.3 is 0 Å². The molecule has 1 saturated carbocycles. The molecule has 0 bridgehead atoms. The summed E-state index contributed by atoms with van der Waals surface area (Å²) in [7, 11) is 1.62. The lowest BCUT2D eigenvalue weighted by Gasteiger charge is -2.09. The molecule has 1 N–H and O–H groups in total. The Kier molecular flexibility index (Phi) is 3.96. The predicted octanol–water partition coefficient (Wildman–Crippen LogP) is 2.64. The van der Waals surface area contributed by atoms with Crippen molar-refractivity contribution >= 4 is 21.6 Å². The second-order valence-electron chi connectivity index (χ2n) is 5.13. The van der Waals surface area contributed by atoms with Gasteiger partial charge in [-0.2, -0.15) is 5.10 Å². The van der Waals surface area contributed by atoms with Crippen LogP contribution in [-0.4, -0.2) is 22.9 Å². The van der Waals surface area contributed by atoms with E-state index in [4.69, 9.17) is 4.74 Å². The van der Waals surface area contributed by atoms with Crippen LogP contribution in [0.25, 0.3) is 0 Å². The Balaban J connectivity index is 1.77. The minimum Gasteiger partial charge on any atom is -0.496 e. The van der Waals surface area contributed by atoms with Crippen molar-refractivity contribution in [1.82, 2.24) is 9.78 Å². The number of ether oxygens (including phenoxy) is 1. The highest BCUT2D eigenvalue weighted by atomic mass is 79.9. The van der Waals surface area contributed by atoms with E-state index in [1.54, 1.807) is 19.4 Å². The number of methoxy groups -OCH3 is 1. The van der Waals surface area contributed by atoms with E-state index >= 15 is 0 Å². The topological polar surface area (TPSA) is 56.1 Å². The summed E-state index contributed by atoms with van der Waals surface area (Å²) in [5, 5.41) is 7.49. The van der Waals surface area contributed by atoms with Gasteiger partial charge in [0.25, 0.3) is 5.56 Å². The molecule has 1 aliphatic rings. The number of nitrogens with one attached hydrogen (secondary N) is 1. The second-order valence-corrected chi connectivity index (χ2v) is 5.98. The van der Waals surface area contributed by atoms with Crippen molar-refractivity contribution in [3.8, 4) is 5.75 Å². The van der Waals surface area contributed by atoms with Crippen LogP contribution in [0.3, 0.4) is 0 Å². The summed E-state index contributed by atoms with van der Waals surface area (Å²) >= 11 is 3.44. The molecule has 6 heteroatoms. The molecular formula is C15H16BrN3O2. The molecule has 1 aromatic carbocycles. The minimum atomic E-state index is -0.104. The van der Waals surface area contributed by atoms with Gasteiger partial charge in [0.15, 0.2) is 0 Å². The van der Waals surface area contributed by atoms with Crippen LogP contribution in [0.5, 0.6) is 5.75 Å². The van der Waals surface area contributed by atoms with E-state index in [-0.39, 0.29) is 5.56 Å². The average molecular weight is 350 g/mol. The highest BCUT2D eigenvalue weighted by Crippen LogP contribution is 2.26. The molecule has 5 nitrogen and oxygen atoms in total. The van der Waals surface area contributed by atoms with Gasteiger partial charge in [0.05, 0.1) is 30.0 Å². The van der Waals surface area contributed by atoms with Gasteiger partial charge in [-0.1, -0.05) is 6.07 Å². The van der Waals surface area contributed by atoms with Crippen LogP contribution in [0.1, 0.15) is 18.4 Å². The summed E-state index contributed by atoms with van der Waals surface area (Å²) in [5.41, 5.74) is 1.68. The van der Waals surface area contributed by atoms with Crippen molar-refractivity contribution in [3.63, 3.8) is 0 Å². The zero-order valence-electron chi connectivity index (χ0n) is 11.7. The molecule has 1 heterocycles. The van der Waals surface area contributed by atoms with Gasteiger partial charge in [-0.25, -0.2) is 4.68 Å². The van der Waals surface area contributed by atoms with Crippen LogP contribution < -0.4 is 15.6 Å². The Morgan fingerprint density at radius 2 is 2.24 bits per heavy atom. The predicted molar refractivity (Wildman–Crippen MR) is 84.9 cm³/mol. The first-order chi connectivity index (χ1) is 10.2. The maximum Gasteiger partial charge on any atom is 0.269 e. The zero-order chi connectivity index (χ0) is 14.8. The van der Waals surface area contributed by atoms with Crippen molar-refractivity contribution in [1.29, 1.82) is 0 Å². The standard InChI is InChI=1S/C15H16BrN3O2/c1-21-14-5-2-10(6-13(14)16)9-19-15(20)7-12(8-17-19)18-11-3-4-11/h2,5-8,11,18H,3-4,9H2,1H3. The first-order valence-corrected chi connectivity index (χ1v) is 7.61. The number of anilines is 1. The van der Waals surface area contributed by atoms with Crippen LogP contribution in [0.2, 0.25) is 0 Å². The lowest BCUT2D eigenvalue weighted by Crippen LogP contribution is -2.23. The van der Waals surface area contributed by atoms with Crippen LogP contribution >= 0.6 is 15.9 Å². The largest absolute Gasteiger partial charge is 0.496 e. The van der Waals surface area contributed by atoms with E-state index in [0.29, 0.717) is 12.6 Å². The Labute approximate surface area is 131 Å². The first-order valence-electron chi connectivity index (χ1n) is 6.82. The third-order valence-electron chi connectivity index (χ3n) is 3.37. The van der Waals surface area contributed by atoms with Gasteiger partial charge < -0.3 is 10.1 Å². The van der Waals surface area contributed by atoms with E-state index in [9.17, 15) is 4.79 Å². The summed E-state index contributed by atoms with van der Waals surface area (Å²) < 4.78 is 7.51. The fraction of sp³-hybridized carbons (Fsp3) is 0.333. The molecule has 0 amide bonds. The van der Waals surface area contributed by atoms with E-state index in [1.165, 1.54) is 17.5 Å². The van der Waals surface area contributed by atoms with Crippen molar-refractivity contribution in [3.05, 3.63) is 50.9 Å². The fourth-order valence-corrected chi connectivity index (χ4v) is 2.66. The second kappa shape index (κ2) is 5.89. The van der Waals surface area contributed by atoms with Crippen molar-refractivity contribution < 1.29 is 4.74 Å². The van der Waals surface area contributed by atoms with Crippen molar-refractivity contribution in [2.24, 2.45) is 0 Å². The summed E-state index contributed by atoms with van der Waals surface area (Å²) in [5.74, 6) is 0.767. The number of hydrogen-bond donors (Lipinski definition) is 1. The molecule has 0 unspecified atom stereocenters. The molecule has 1 aliphatic carbocycles. The maximum atomic E-state index is 12.1. The Bertz CT molecular complexity index is 710. The van der Waals surface area contributed by atoms with Gasteiger partial charge in [0, 0.05) is 12.1 Å². The molecule has 1 aromatic heterocycles. The smallest absolute Gasteiger partial charge is 0.269 e. The molecule has 0 saturated heterocycles. The van der Waals surface area contributed by atoms with Gasteiger partial charge in [0.2, 0.25) is 0 Å². The molecule has 0 radical (unpaired) electrons. The highest BCUT2D eigenvalue weighted by molar-refractivity contribution is 9.10. The van der Waals surface area contributed by atoms with E-state index in [1.807, 2.05) is 18.2 Å². The molecule has 0 aliphatic heterocycles. The molecule has 3 rings (SSSR count). The average Bonchev–Trinajstić information content (AvgIpc) is 3.26. The summed E-state index contributed by atoms with van der Waals surface area (Å²) in [6.07, 6.45) is 4.05. The highest BCUT2D eigenvalue weighted by Gasteiger charge is 2.21. The summed E-state index contributed by atoms with van der Waals surface area (Å²) in [4.78, 5) is 12.1. The van der Waals surface area contributed by atoms with Crippen molar-refractivity contribution in [2.75, 3.05) is 12.4 Å². The monoisotopic (exact) mass is 349 g/mol. The number of hydrogen-bond acceptors (Lipinski definition) is 4. The SMILES string of the molecule is COc1ccc(Cn2ncc(NC3CC3)cc2=O)cc1Br. The molecular weight excluding hydrogens is 334 g/mol. The molecule has 0 spiro atoms. The Morgan fingerprint density at radius 1 is 1.43 bits per heavy atom. The van der Waals surface area contributed by atoms with Gasteiger partial charge in [-0.3, -0.25) is 4.79 Å². The summed E-state index contributed by atoms with van der Waals surface area (Å²) in [6, 6.07) is 7.84. The molecule has 21 heavy (non-hydrogen) atoms. The normalized spacial score (nSPS) is 14.0. The lowest BCUT2D eigenvalue weighted by molar-refractivity contribution is 0.412. The van der Waals surface area contributed by atoms with Crippen LogP contribution in [0.15, 0.2) is 39.7 Å². The number of nitrogens with zero attached hydrogens (tertiary/aromatic N) is 2. The minimum absolute atomic E-state index is 0.104. The fourth-order valence-electron chi connectivity index (χ4n) is 2.08.